The van der Waals surface area contributed by atoms with Gasteiger partial charge in [-0.25, -0.2) is 0 Å². The molecule has 0 saturated heterocycles. The first kappa shape index (κ1) is 16.5. The van der Waals surface area contributed by atoms with Crippen LogP contribution in [0.2, 0.25) is 0 Å². The van der Waals surface area contributed by atoms with Crippen molar-refractivity contribution in [2.45, 2.75) is 26.3 Å². The molecule has 2 aromatic rings. The highest BCUT2D eigenvalue weighted by Crippen LogP contribution is 2.09. The Labute approximate surface area is 134 Å². The van der Waals surface area contributed by atoms with Crippen molar-refractivity contribution in [3.63, 3.8) is 0 Å². The highest BCUT2D eigenvalue weighted by atomic mass is 16.3. The first-order valence-electron chi connectivity index (χ1n) is 7.38. The number of hydrogen-bond acceptors (Lipinski definition) is 4. The van der Waals surface area contributed by atoms with E-state index in [0.29, 0.717) is 18.7 Å². The molecule has 5 heteroatoms. The van der Waals surface area contributed by atoms with Crippen LogP contribution in [0.4, 0.5) is 0 Å². The average Bonchev–Trinajstić information content (AvgIpc) is 3.06. The van der Waals surface area contributed by atoms with Crippen LogP contribution in [0.15, 0.2) is 47.1 Å². The first-order valence-corrected chi connectivity index (χ1v) is 7.38. The van der Waals surface area contributed by atoms with Crippen LogP contribution in [-0.2, 0) is 22.6 Å². The summed E-state index contributed by atoms with van der Waals surface area (Å²) in [6, 6.07) is 13.0. The minimum Gasteiger partial charge on any atom is -0.469 e. The fourth-order valence-electron chi connectivity index (χ4n) is 2.12. The number of aryl methyl sites for hydroxylation is 2. The van der Waals surface area contributed by atoms with Crippen LogP contribution in [0.5, 0.6) is 0 Å². The predicted octanol–water partition coefficient (Wildman–Crippen LogP) is 2.55. The summed E-state index contributed by atoms with van der Waals surface area (Å²) in [4.78, 5) is 24.1. The molecule has 1 aromatic carbocycles. The second kappa shape index (κ2) is 7.95. The van der Waals surface area contributed by atoms with E-state index in [0.717, 1.165) is 11.1 Å². The van der Waals surface area contributed by atoms with Crippen LogP contribution in [0.25, 0.3) is 0 Å². The van der Waals surface area contributed by atoms with Crippen molar-refractivity contribution >= 4 is 11.7 Å². The van der Waals surface area contributed by atoms with Crippen LogP contribution >= 0.6 is 0 Å². The molecule has 1 amide bonds. The summed E-state index contributed by atoms with van der Waals surface area (Å²) in [7, 11) is 0. The predicted molar refractivity (Wildman–Crippen MR) is 84.2 cm³/mol. The van der Waals surface area contributed by atoms with E-state index in [4.69, 9.17) is 9.68 Å². The molecule has 23 heavy (non-hydrogen) atoms. The molecule has 0 saturated carbocycles. The number of amides is 1. The van der Waals surface area contributed by atoms with E-state index in [-0.39, 0.29) is 6.42 Å². The van der Waals surface area contributed by atoms with Crippen LogP contribution in [-0.4, -0.2) is 11.7 Å². The standard InChI is InChI=1S/C18H18N2O3/c1-13-4-6-14(7-5-13)12-20-18(22)16(11-19)17(21)9-8-15-3-2-10-23-15/h2-7,10,16H,8-9,12H2,1H3,(H,20,22). The Hall–Kier alpha value is -2.87. The van der Waals surface area contributed by atoms with Crippen molar-refractivity contribution in [2.75, 3.05) is 0 Å². The van der Waals surface area contributed by atoms with E-state index in [1.54, 1.807) is 18.2 Å². The molecule has 0 aliphatic heterocycles. The fraction of sp³-hybridized carbons (Fsp3) is 0.278. The number of Topliss-reactive ketones (excluding diaryl/α,β-unsaturated/α-hetero) is 1. The Bertz CT molecular complexity index is 697. The Morgan fingerprint density at radius 1 is 1.26 bits per heavy atom. The van der Waals surface area contributed by atoms with Gasteiger partial charge in [0.1, 0.15) is 5.76 Å². The summed E-state index contributed by atoms with van der Waals surface area (Å²) in [6.07, 6.45) is 2.01. The molecule has 0 aliphatic carbocycles. The summed E-state index contributed by atoms with van der Waals surface area (Å²) in [5.41, 5.74) is 2.05. The zero-order valence-corrected chi connectivity index (χ0v) is 12.9. The molecule has 0 spiro atoms. The van der Waals surface area contributed by atoms with Gasteiger partial charge in [-0.05, 0) is 24.6 Å². The molecule has 1 unspecified atom stereocenters. The van der Waals surface area contributed by atoms with Crippen molar-refractivity contribution in [1.29, 1.82) is 5.26 Å². The first-order chi connectivity index (χ1) is 11.1. The maximum atomic E-state index is 12.0. The van der Waals surface area contributed by atoms with Crippen LogP contribution in [0, 0.1) is 24.2 Å². The van der Waals surface area contributed by atoms with E-state index in [1.165, 1.54) is 6.26 Å². The average molecular weight is 310 g/mol. The van der Waals surface area contributed by atoms with Gasteiger partial charge in [-0.2, -0.15) is 5.26 Å². The van der Waals surface area contributed by atoms with E-state index in [2.05, 4.69) is 5.32 Å². The number of carbonyl (C=O) groups is 2. The second-order valence-corrected chi connectivity index (χ2v) is 5.31. The summed E-state index contributed by atoms with van der Waals surface area (Å²) in [5, 5.41) is 11.7. The lowest BCUT2D eigenvalue weighted by Crippen LogP contribution is -2.34. The quantitative estimate of drug-likeness (QED) is 0.797. The SMILES string of the molecule is Cc1ccc(CNC(=O)C(C#N)C(=O)CCc2ccco2)cc1. The summed E-state index contributed by atoms with van der Waals surface area (Å²) < 4.78 is 5.14. The van der Waals surface area contributed by atoms with E-state index >= 15 is 0 Å². The third-order valence-corrected chi connectivity index (χ3v) is 3.50. The molecule has 2 rings (SSSR count). The van der Waals surface area contributed by atoms with Crippen LogP contribution < -0.4 is 5.32 Å². The zero-order valence-electron chi connectivity index (χ0n) is 12.9. The molecule has 0 bridgehead atoms. The molecule has 1 heterocycles. The molecule has 0 aliphatic rings. The summed E-state index contributed by atoms with van der Waals surface area (Å²) >= 11 is 0. The normalized spacial score (nSPS) is 11.5. The number of nitrogens with one attached hydrogen (secondary N) is 1. The lowest BCUT2D eigenvalue weighted by Gasteiger charge is -2.09. The highest BCUT2D eigenvalue weighted by molar-refractivity contribution is 6.03. The van der Waals surface area contributed by atoms with Gasteiger partial charge in [-0.15, -0.1) is 0 Å². The van der Waals surface area contributed by atoms with Crippen molar-refractivity contribution in [3.8, 4) is 6.07 Å². The molecule has 118 valence electrons. The maximum absolute atomic E-state index is 12.0. The van der Waals surface area contributed by atoms with Crippen LogP contribution in [0.1, 0.15) is 23.3 Å². The topological polar surface area (TPSA) is 83.1 Å². The van der Waals surface area contributed by atoms with Gasteiger partial charge in [0, 0.05) is 19.4 Å². The lowest BCUT2D eigenvalue weighted by molar-refractivity contribution is -0.131. The van der Waals surface area contributed by atoms with Gasteiger partial charge in [-0.1, -0.05) is 29.8 Å². The van der Waals surface area contributed by atoms with E-state index in [9.17, 15) is 9.59 Å². The third kappa shape index (κ3) is 4.82. The smallest absolute Gasteiger partial charge is 0.245 e. The van der Waals surface area contributed by atoms with Crippen LogP contribution in [0.3, 0.4) is 0 Å². The van der Waals surface area contributed by atoms with Gasteiger partial charge in [0.05, 0.1) is 12.3 Å². The van der Waals surface area contributed by atoms with Gasteiger partial charge >= 0.3 is 0 Å². The number of nitrogens with zero attached hydrogens (tertiary/aromatic N) is 1. The molecule has 1 atom stereocenters. The monoisotopic (exact) mass is 310 g/mol. The Kier molecular flexibility index (Phi) is 5.70. The van der Waals surface area contributed by atoms with Crippen molar-refractivity contribution < 1.29 is 14.0 Å². The molecule has 5 nitrogen and oxygen atoms in total. The van der Waals surface area contributed by atoms with E-state index in [1.807, 2.05) is 31.2 Å². The Morgan fingerprint density at radius 2 is 2.00 bits per heavy atom. The number of furan rings is 1. The number of rotatable bonds is 7. The Balaban J connectivity index is 1.86. The van der Waals surface area contributed by atoms with Crippen molar-refractivity contribution in [1.82, 2.24) is 5.32 Å². The van der Waals surface area contributed by atoms with Gasteiger partial charge in [-0.3, -0.25) is 9.59 Å². The molecular formula is C18H18N2O3. The second-order valence-electron chi connectivity index (χ2n) is 5.31. The Morgan fingerprint density at radius 3 is 2.61 bits per heavy atom. The lowest BCUT2D eigenvalue weighted by atomic mass is 10.00. The minimum atomic E-state index is -1.28. The summed E-state index contributed by atoms with van der Waals surface area (Å²) in [6.45, 7) is 2.27. The van der Waals surface area contributed by atoms with Gasteiger partial charge in [0.15, 0.2) is 11.7 Å². The molecule has 1 aromatic heterocycles. The molecule has 0 radical (unpaired) electrons. The van der Waals surface area contributed by atoms with E-state index < -0.39 is 17.6 Å². The number of ketones is 1. The molecular weight excluding hydrogens is 292 g/mol. The van der Waals surface area contributed by atoms with Gasteiger partial charge in [0.2, 0.25) is 5.91 Å². The van der Waals surface area contributed by atoms with Gasteiger partial charge in [0.25, 0.3) is 0 Å². The molecule has 0 fully saturated rings. The number of hydrogen-bond donors (Lipinski definition) is 1. The fourth-order valence-corrected chi connectivity index (χ4v) is 2.12. The molecule has 1 N–H and O–H groups in total. The van der Waals surface area contributed by atoms with Gasteiger partial charge < -0.3 is 9.73 Å². The zero-order chi connectivity index (χ0) is 16.7. The number of nitriles is 1. The highest BCUT2D eigenvalue weighted by Gasteiger charge is 2.25. The largest absolute Gasteiger partial charge is 0.469 e. The van der Waals surface area contributed by atoms with Crippen molar-refractivity contribution in [3.05, 3.63) is 59.5 Å². The summed E-state index contributed by atoms with van der Waals surface area (Å²) in [5.74, 6) is -1.58. The number of carbonyl (C=O) groups excluding carboxylic acids is 2. The number of benzene rings is 1. The minimum absolute atomic E-state index is 0.101. The maximum Gasteiger partial charge on any atom is 0.245 e. The van der Waals surface area contributed by atoms with Crippen molar-refractivity contribution in [2.24, 2.45) is 5.92 Å². The third-order valence-electron chi connectivity index (χ3n) is 3.50.